The maximum Gasteiger partial charge on any atom is 0.307 e. The number of nitrogens with one attached hydrogen (secondary N) is 1. The largest absolute Gasteiger partial charge is 0.457 e. The lowest BCUT2D eigenvalue weighted by Gasteiger charge is -2.23. The molecule has 6 rings (SSSR count). The van der Waals surface area contributed by atoms with E-state index in [1.165, 1.54) is 6.21 Å². The summed E-state index contributed by atoms with van der Waals surface area (Å²) in [6, 6.07) is 31.5. The molecule has 2 heterocycles. The number of carbonyl (C=O) groups is 4. The van der Waals surface area contributed by atoms with Gasteiger partial charge in [0.05, 0.1) is 18.6 Å². The van der Waals surface area contributed by atoms with Crippen molar-refractivity contribution >= 4 is 36.1 Å². The van der Waals surface area contributed by atoms with Gasteiger partial charge in [0, 0.05) is 24.3 Å². The number of esters is 1. The van der Waals surface area contributed by atoms with E-state index in [0.29, 0.717) is 42.7 Å². The quantitative estimate of drug-likeness (QED) is 0.109. The highest BCUT2D eigenvalue weighted by molar-refractivity contribution is 6.04. The van der Waals surface area contributed by atoms with Crippen LogP contribution in [0.2, 0.25) is 0 Å². The van der Waals surface area contributed by atoms with E-state index < -0.39 is 12.0 Å². The molecule has 1 fully saturated rings. The van der Waals surface area contributed by atoms with Crippen LogP contribution in [0.5, 0.6) is 0 Å². The van der Waals surface area contributed by atoms with E-state index in [2.05, 4.69) is 10.4 Å². The van der Waals surface area contributed by atoms with Gasteiger partial charge in [-0.05, 0) is 58.5 Å². The first kappa shape index (κ1) is 30.4. The number of fused-ring (bicyclic) bond motifs is 3. The molecule has 4 aromatic rings. The minimum atomic E-state index is -0.644. The summed E-state index contributed by atoms with van der Waals surface area (Å²) in [5.74, 6) is -1.37. The summed E-state index contributed by atoms with van der Waals surface area (Å²) >= 11 is 0. The van der Waals surface area contributed by atoms with Gasteiger partial charge in [-0.3, -0.25) is 19.2 Å². The highest BCUT2D eigenvalue weighted by atomic mass is 16.7. The minimum absolute atomic E-state index is 0.0534. The maximum absolute atomic E-state index is 13.5. The van der Waals surface area contributed by atoms with E-state index in [4.69, 9.17) is 9.57 Å². The van der Waals surface area contributed by atoms with Crippen LogP contribution in [0, 0.1) is 5.92 Å². The number of hydroxylamine groups is 1. The number of benzene rings is 4. The monoisotopic (exact) mass is 616 g/mol. The topological polar surface area (TPSA) is 118 Å². The third-order valence-electron chi connectivity index (χ3n) is 8.01. The van der Waals surface area contributed by atoms with Gasteiger partial charge >= 0.3 is 5.97 Å². The second-order valence-electron chi connectivity index (χ2n) is 11.1. The zero-order valence-corrected chi connectivity index (χ0v) is 25.0. The summed E-state index contributed by atoms with van der Waals surface area (Å²) in [5, 5.41) is 7.82. The van der Waals surface area contributed by atoms with Crippen LogP contribution < -0.4 is 5.32 Å². The SMILES string of the molecule is O=CN(/N=C/c1ccc(C(=O)Nc2ccc3c(c2)CN(CCc2ccccc2)C(=O)C2CC(=O)OC32)cc1)OCc1ccccc1. The van der Waals surface area contributed by atoms with Crippen molar-refractivity contribution in [2.75, 3.05) is 11.9 Å². The van der Waals surface area contributed by atoms with Gasteiger partial charge in [-0.1, -0.05) is 78.9 Å². The van der Waals surface area contributed by atoms with Gasteiger partial charge in [0.1, 0.15) is 12.7 Å². The number of amides is 3. The molecule has 0 saturated carbocycles. The number of hydrogen-bond donors (Lipinski definition) is 1. The number of rotatable bonds is 11. The van der Waals surface area contributed by atoms with Crippen LogP contribution in [0.15, 0.2) is 108 Å². The molecule has 0 spiro atoms. The lowest BCUT2D eigenvalue weighted by Crippen LogP contribution is -2.36. The van der Waals surface area contributed by atoms with E-state index in [-0.39, 0.29) is 30.8 Å². The maximum atomic E-state index is 13.5. The average molecular weight is 617 g/mol. The van der Waals surface area contributed by atoms with Crippen molar-refractivity contribution in [2.45, 2.75) is 32.1 Å². The molecule has 1 saturated heterocycles. The molecular formula is C36H32N4O6. The molecule has 0 aromatic heterocycles. The first-order chi connectivity index (χ1) is 22.5. The van der Waals surface area contributed by atoms with Crippen LogP contribution in [-0.4, -0.2) is 47.0 Å². The van der Waals surface area contributed by atoms with E-state index in [1.54, 1.807) is 35.2 Å². The molecule has 2 atom stereocenters. The number of hydrogen-bond acceptors (Lipinski definition) is 7. The fraction of sp³-hybridized carbons (Fsp3) is 0.194. The summed E-state index contributed by atoms with van der Waals surface area (Å²) in [6.07, 6.45) is 2.02. The fourth-order valence-electron chi connectivity index (χ4n) is 5.62. The van der Waals surface area contributed by atoms with Crippen LogP contribution in [0.1, 0.15) is 50.7 Å². The summed E-state index contributed by atoms with van der Waals surface area (Å²) < 4.78 is 5.62. The number of carbonyl (C=O) groups excluding carboxylic acids is 4. The molecule has 10 nitrogen and oxygen atoms in total. The second kappa shape index (κ2) is 14.0. The molecule has 2 unspecified atom stereocenters. The van der Waals surface area contributed by atoms with Crippen LogP contribution in [0.3, 0.4) is 0 Å². The highest BCUT2D eigenvalue weighted by Gasteiger charge is 2.45. The summed E-state index contributed by atoms with van der Waals surface area (Å²) in [4.78, 5) is 57.5. The third kappa shape index (κ3) is 7.19. The van der Waals surface area contributed by atoms with Crippen LogP contribution >= 0.6 is 0 Å². The number of nitrogens with zero attached hydrogens (tertiary/aromatic N) is 3. The van der Waals surface area contributed by atoms with Gasteiger partial charge in [-0.25, -0.2) is 4.84 Å². The average Bonchev–Trinajstić information content (AvgIpc) is 3.44. The Balaban J connectivity index is 1.12. The number of hydrazone groups is 1. The van der Waals surface area contributed by atoms with Crippen molar-refractivity contribution in [2.24, 2.45) is 11.0 Å². The first-order valence-corrected chi connectivity index (χ1v) is 15.0. The van der Waals surface area contributed by atoms with Crippen molar-refractivity contribution in [1.82, 2.24) is 10.1 Å². The Hall–Kier alpha value is -5.61. The van der Waals surface area contributed by atoms with Crippen LogP contribution in [-0.2, 0) is 43.5 Å². The van der Waals surface area contributed by atoms with Gasteiger partial charge in [0.25, 0.3) is 12.3 Å². The molecule has 10 heteroatoms. The molecule has 2 aliphatic heterocycles. The van der Waals surface area contributed by atoms with E-state index >= 15 is 0 Å². The fourth-order valence-corrected chi connectivity index (χ4v) is 5.62. The van der Waals surface area contributed by atoms with Crippen molar-refractivity contribution in [1.29, 1.82) is 0 Å². The highest BCUT2D eigenvalue weighted by Crippen LogP contribution is 2.41. The predicted octanol–water partition coefficient (Wildman–Crippen LogP) is 5.05. The Morgan fingerprint density at radius 2 is 1.67 bits per heavy atom. The van der Waals surface area contributed by atoms with Crippen LogP contribution in [0.4, 0.5) is 5.69 Å². The van der Waals surface area contributed by atoms with Crippen molar-refractivity contribution in [3.05, 3.63) is 137 Å². The lowest BCUT2D eigenvalue weighted by molar-refractivity contribution is -0.177. The Bertz CT molecular complexity index is 1740. The standard InChI is InChI=1S/C36H32N4O6/c41-24-40(45-23-27-9-5-2-6-10-27)37-21-26-11-13-28(14-12-26)35(43)38-30-15-16-31-29(19-30)22-39(18-17-25-7-3-1-4-8-25)36(44)32-20-33(42)46-34(31)32/h1-16,19,21,24,32,34H,17-18,20,22-23H2,(H,38,43)/b37-21+. The smallest absolute Gasteiger partial charge is 0.307 e. The molecule has 4 aromatic carbocycles. The van der Waals surface area contributed by atoms with Gasteiger partial charge in [0.2, 0.25) is 5.91 Å². The van der Waals surface area contributed by atoms with Gasteiger partial charge in [-0.2, -0.15) is 5.10 Å². The molecule has 2 aliphatic rings. The number of ether oxygens (including phenoxy) is 1. The zero-order chi connectivity index (χ0) is 31.9. The molecule has 3 amide bonds. The second-order valence-corrected chi connectivity index (χ2v) is 11.1. The summed E-state index contributed by atoms with van der Waals surface area (Å²) in [6.45, 7) is 1.03. The van der Waals surface area contributed by atoms with E-state index in [9.17, 15) is 19.2 Å². The molecule has 0 aliphatic carbocycles. The lowest BCUT2D eigenvalue weighted by atomic mass is 9.93. The third-order valence-corrected chi connectivity index (χ3v) is 8.01. The normalized spacial score (nSPS) is 17.2. The van der Waals surface area contributed by atoms with Crippen molar-refractivity contribution < 1.29 is 28.8 Å². The molecule has 232 valence electrons. The van der Waals surface area contributed by atoms with E-state index in [1.807, 2.05) is 72.8 Å². The first-order valence-electron chi connectivity index (χ1n) is 15.0. The Morgan fingerprint density at radius 1 is 0.957 bits per heavy atom. The van der Waals surface area contributed by atoms with Crippen LogP contribution in [0.25, 0.3) is 0 Å². The minimum Gasteiger partial charge on any atom is -0.457 e. The summed E-state index contributed by atoms with van der Waals surface area (Å²) in [7, 11) is 0. The number of anilines is 1. The summed E-state index contributed by atoms with van der Waals surface area (Å²) in [5.41, 5.74) is 5.26. The Morgan fingerprint density at radius 3 is 2.39 bits per heavy atom. The van der Waals surface area contributed by atoms with Gasteiger partial charge in [-0.15, -0.1) is 5.17 Å². The van der Waals surface area contributed by atoms with Crippen molar-refractivity contribution in [3.8, 4) is 0 Å². The zero-order valence-electron chi connectivity index (χ0n) is 25.0. The van der Waals surface area contributed by atoms with E-state index in [0.717, 1.165) is 27.4 Å². The molecule has 0 bridgehead atoms. The molecular weight excluding hydrogens is 584 g/mol. The Kier molecular flexibility index (Phi) is 9.26. The molecule has 0 radical (unpaired) electrons. The van der Waals surface area contributed by atoms with Crippen molar-refractivity contribution in [3.63, 3.8) is 0 Å². The molecule has 46 heavy (non-hydrogen) atoms. The Labute approximate surface area is 266 Å². The van der Waals surface area contributed by atoms with Gasteiger partial charge < -0.3 is 15.0 Å². The van der Waals surface area contributed by atoms with Gasteiger partial charge in [0.15, 0.2) is 0 Å². The molecule has 1 N–H and O–H groups in total. The predicted molar refractivity (Wildman–Crippen MR) is 170 cm³/mol.